The Kier molecular flexibility index (Phi) is 5.80. The van der Waals surface area contributed by atoms with Gasteiger partial charge in [-0.15, -0.1) is 0 Å². The molecule has 0 aromatic heterocycles. The molecule has 2 rings (SSSR count). The molecule has 0 bridgehead atoms. The molecule has 0 amide bonds. The lowest BCUT2D eigenvalue weighted by Gasteiger charge is -2.22. The van der Waals surface area contributed by atoms with Gasteiger partial charge in [0.05, 0.1) is 6.04 Å². The summed E-state index contributed by atoms with van der Waals surface area (Å²) in [7, 11) is 0. The van der Waals surface area contributed by atoms with Crippen molar-refractivity contribution in [2.75, 3.05) is 6.54 Å². The summed E-state index contributed by atoms with van der Waals surface area (Å²) in [4.78, 5) is 0. The Morgan fingerprint density at radius 1 is 1.24 bits per heavy atom. The predicted molar refractivity (Wildman–Crippen MR) is 90.4 cm³/mol. The number of rotatable bonds is 5. The summed E-state index contributed by atoms with van der Waals surface area (Å²) in [6.45, 7) is 4.95. The van der Waals surface area contributed by atoms with E-state index in [0.29, 0.717) is 5.02 Å². The third kappa shape index (κ3) is 4.29. The Morgan fingerprint density at radius 3 is 2.67 bits per heavy atom. The third-order valence-corrected chi connectivity index (χ3v) is 4.05. The number of benzene rings is 2. The maximum absolute atomic E-state index is 13.6. The molecule has 1 nitrogen and oxygen atoms in total. The van der Waals surface area contributed by atoms with Crippen LogP contribution in [-0.4, -0.2) is 6.54 Å². The van der Waals surface area contributed by atoms with Crippen molar-refractivity contribution < 1.29 is 4.39 Å². The molecular formula is C17H18BrClFN. The van der Waals surface area contributed by atoms with Crippen molar-refractivity contribution in [3.8, 4) is 0 Å². The highest BCUT2D eigenvalue weighted by Gasteiger charge is 2.17. The van der Waals surface area contributed by atoms with E-state index < -0.39 is 0 Å². The summed E-state index contributed by atoms with van der Waals surface area (Å²) in [5.41, 5.74) is 3.02. The van der Waals surface area contributed by atoms with E-state index in [0.717, 1.165) is 34.1 Å². The summed E-state index contributed by atoms with van der Waals surface area (Å²) in [6, 6.07) is 10.6. The van der Waals surface area contributed by atoms with Crippen LogP contribution in [0.5, 0.6) is 0 Å². The van der Waals surface area contributed by atoms with Gasteiger partial charge in [0.25, 0.3) is 0 Å². The van der Waals surface area contributed by atoms with Crippen LogP contribution in [-0.2, 0) is 0 Å². The van der Waals surface area contributed by atoms with E-state index in [4.69, 9.17) is 11.6 Å². The molecule has 112 valence electrons. The van der Waals surface area contributed by atoms with Gasteiger partial charge in [0, 0.05) is 9.50 Å². The van der Waals surface area contributed by atoms with Gasteiger partial charge in [0.2, 0.25) is 0 Å². The molecule has 0 radical (unpaired) electrons. The monoisotopic (exact) mass is 369 g/mol. The van der Waals surface area contributed by atoms with Gasteiger partial charge in [-0.1, -0.05) is 40.5 Å². The second-order valence-electron chi connectivity index (χ2n) is 5.09. The normalized spacial score (nSPS) is 12.4. The van der Waals surface area contributed by atoms with Gasteiger partial charge in [0.1, 0.15) is 5.82 Å². The summed E-state index contributed by atoms with van der Waals surface area (Å²) in [5.74, 6) is -0.222. The molecule has 1 N–H and O–H groups in total. The molecule has 2 aromatic carbocycles. The van der Waals surface area contributed by atoms with Crippen LogP contribution in [0.2, 0.25) is 5.02 Å². The molecule has 1 atom stereocenters. The molecule has 2 aromatic rings. The standard InChI is InChI=1S/C17H18BrClFN/c1-3-6-21-17(12-7-13(18)9-14(19)8-12)16-10-15(20)5-4-11(16)2/h4-5,7-10,17,21H,3,6H2,1-2H3. The van der Waals surface area contributed by atoms with Crippen LogP contribution in [0.3, 0.4) is 0 Å². The zero-order chi connectivity index (χ0) is 15.4. The quantitative estimate of drug-likeness (QED) is 0.718. The fourth-order valence-corrected chi connectivity index (χ4v) is 3.25. The van der Waals surface area contributed by atoms with Crippen molar-refractivity contribution in [2.24, 2.45) is 0 Å². The van der Waals surface area contributed by atoms with Crippen LogP contribution in [0, 0.1) is 12.7 Å². The number of hydrogen-bond donors (Lipinski definition) is 1. The van der Waals surface area contributed by atoms with Crippen LogP contribution in [0.4, 0.5) is 4.39 Å². The van der Waals surface area contributed by atoms with E-state index in [1.54, 1.807) is 6.07 Å². The highest BCUT2D eigenvalue weighted by atomic mass is 79.9. The van der Waals surface area contributed by atoms with E-state index in [1.807, 2.05) is 31.2 Å². The number of nitrogens with one attached hydrogen (secondary N) is 1. The largest absolute Gasteiger partial charge is 0.306 e. The Hall–Kier alpha value is -0.900. The minimum absolute atomic E-state index is 0.0735. The Balaban J connectivity index is 2.49. The lowest BCUT2D eigenvalue weighted by Crippen LogP contribution is -2.24. The predicted octanol–water partition coefficient (Wildman–Crippen LogP) is 5.64. The molecule has 0 aliphatic carbocycles. The van der Waals surface area contributed by atoms with Crippen LogP contribution in [0.1, 0.15) is 36.1 Å². The van der Waals surface area contributed by atoms with Gasteiger partial charge in [-0.25, -0.2) is 4.39 Å². The van der Waals surface area contributed by atoms with E-state index >= 15 is 0 Å². The lowest BCUT2D eigenvalue weighted by molar-refractivity contribution is 0.583. The second kappa shape index (κ2) is 7.39. The maximum Gasteiger partial charge on any atom is 0.123 e. The van der Waals surface area contributed by atoms with Gasteiger partial charge in [-0.05, 0) is 66.9 Å². The first-order valence-electron chi connectivity index (χ1n) is 6.96. The fourth-order valence-electron chi connectivity index (χ4n) is 2.36. The molecule has 1 unspecified atom stereocenters. The minimum atomic E-state index is -0.222. The molecular weight excluding hydrogens is 353 g/mol. The summed E-state index contributed by atoms with van der Waals surface area (Å²) in [5, 5.41) is 4.14. The average molecular weight is 371 g/mol. The highest BCUT2D eigenvalue weighted by Crippen LogP contribution is 2.30. The van der Waals surface area contributed by atoms with Crippen molar-refractivity contribution in [1.29, 1.82) is 0 Å². The van der Waals surface area contributed by atoms with Crippen LogP contribution < -0.4 is 5.32 Å². The zero-order valence-electron chi connectivity index (χ0n) is 12.1. The van der Waals surface area contributed by atoms with Gasteiger partial charge in [0.15, 0.2) is 0 Å². The van der Waals surface area contributed by atoms with E-state index in [1.165, 1.54) is 6.07 Å². The van der Waals surface area contributed by atoms with Gasteiger partial charge >= 0.3 is 0 Å². The molecule has 0 fully saturated rings. The molecule has 0 saturated carbocycles. The third-order valence-electron chi connectivity index (χ3n) is 3.37. The van der Waals surface area contributed by atoms with Crippen LogP contribution in [0.15, 0.2) is 40.9 Å². The van der Waals surface area contributed by atoms with Gasteiger partial charge in [-0.2, -0.15) is 0 Å². The molecule has 0 aliphatic rings. The number of halogens is 3. The Bertz CT molecular complexity index is 610. The van der Waals surface area contributed by atoms with Crippen LogP contribution >= 0.6 is 27.5 Å². The van der Waals surface area contributed by atoms with Crippen molar-refractivity contribution in [1.82, 2.24) is 5.32 Å². The van der Waals surface area contributed by atoms with Gasteiger partial charge in [-0.3, -0.25) is 0 Å². The Morgan fingerprint density at radius 2 is 2.00 bits per heavy atom. The second-order valence-corrected chi connectivity index (χ2v) is 6.44. The molecule has 0 heterocycles. The van der Waals surface area contributed by atoms with Crippen molar-refractivity contribution in [2.45, 2.75) is 26.3 Å². The summed E-state index contributed by atoms with van der Waals surface area (Å²) >= 11 is 9.62. The van der Waals surface area contributed by atoms with Gasteiger partial charge < -0.3 is 5.32 Å². The SMILES string of the molecule is CCCNC(c1cc(Cl)cc(Br)c1)c1cc(F)ccc1C. The molecule has 0 spiro atoms. The first kappa shape index (κ1) is 16.5. The Labute approximate surface area is 138 Å². The van der Waals surface area contributed by atoms with Crippen LogP contribution in [0.25, 0.3) is 0 Å². The topological polar surface area (TPSA) is 12.0 Å². The zero-order valence-corrected chi connectivity index (χ0v) is 14.4. The fraction of sp³-hybridized carbons (Fsp3) is 0.294. The van der Waals surface area contributed by atoms with E-state index in [9.17, 15) is 4.39 Å². The smallest absolute Gasteiger partial charge is 0.123 e. The van der Waals surface area contributed by atoms with Crippen molar-refractivity contribution >= 4 is 27.5 Å². The molecule has 0 aliphatic heterocycles. The number of aryl methyl sites for hydroxylation is 1. The molecule has 21 heavy (non-hydrogen) atoms. The van der Waals surface area contributed by atoms with Crippen molar-refractivity contribution in [3.05, 3.63) is 68.4 Å². The number of hydrogen-bond acceptors (Lipinski definition) is 1. The average Bonchev–Trinajstić information content (AvgIpc) is 2.42. The summed E-state index contributed by atoms with van der Waals surface area (Å²) in [6.07, 6.45) is 1.01. The van der Waals surface area contributed by atoms with E-state index in [2.05, 4.69) is 28.2 Å². The highest BCUT2D eigenvalue weighted by molar-refractivity contribution is 9.10. The van der Waals surface area contributed by atoms with Crippen molar-refractivity contribution in [3.63, 3.8) is 0 Å². The maximum atomic E-state index is 13.6. The molecule has 4 heteroatoms. The summed E-state index contributed by atoms with van der Waals surface area (Å²) < 4.78 is 14.6. The molecule has 0 saturated heterocycles. The minimum Gasteiger partial charge on any atom is -0.306 e. The first-order chi connectivity index (χ1) is 10.0. The lowest BCUT2D eigenvalue weighted by atomic mass is 9.94. The van der Waals surface area contributed by atoms with E-state index in [-0.39, 0.29) is 11.9 Å². The first-order valence-corrected chi connectivity index (χ1v) is 8.13.